The molecule has 12 heavy (non-hydrogen) atoms. The van der Waals surface area contributed by atoms with Crippen molar-refractivity contribution in [3.63, 3.8) is 0 Å². The first kappa shape index (κ1) is 9.28. The maximum absolute atomic E-state index is 10.5. The van der Waals surface area contributed by atoms with Gasteiger partial charge in [-0.25, -0.2) is 4.79 Å². The lowest BCUT2D eigenvalue weighted by Gasteiger charge is -2.19. The molecule has 1 fully saturated rings. The maximum atomic E-state index is 10.5. The third-order valence-electron chi connectivity index (χ3n) is 1.94. The predicted molar refractivity (Wildman–Crippen MR) is 40.7 cm³/mol. The molecular formula is C7H13NO4. The summed E-state index contributed by atoms with van der Waals surface area (Å²) >= 11 is 0. The Morgan fingerprint density at radius 3 is 2.08 bits per heavy atom. The van der Waals surface area contributed by atoms with Crippen LogP contribution in [0.1, 0.15) is 13.8 Å². The van der Waals surface area contributed by atoms with Crippen LogP contribution in [0.2, 0.25) is 0 Å². The van der Waals surface area contributed by atoms with E-state index in [9.17, 15) is 4.79 Å². The highest BCUT2D eigenvalue weighted by atomic mass is 16.8. The molecule has 5 nitrogen and oxygen atoms in total. The van der Waals surface area contributed by atoms with Gasteiger partial charge in [-0.15, -0.1) is 0 Å². The van der Waals surface area contributed by atoms with Crippen molar-refractivity contribution in [1.82, 2.24) is 4.90 Å². The Labute approximate surface area is 70.9 Å². The third-order valence-corrected chi connectivity index (χ3v) is 1.94. The molecule has 0 radical (unpaired) electrons. The number of ether oxygens (including phenoxy) is 2. The minimum atomic E-state index is -1.05. The van der Waals surface area contributed by atoms with Crippen molar-refractivity contribution in [1.29, 1.82) is 0 Å². The van der Waals surface area contributed by atoms with Crippen LogP contribution < -0.4 is 0 Å². The lowest BCUT2D eigenvalue weighted by Crippen LogP contribution is -2.37. The summed E-state index contributed by atoms with van der Waals surface area (Å²) < 4.78 is 10.4. The van der Waals surface area contributed by atoms with E-state index in [2.05, 4.69) is 0 Å². The zero-order chi connectivity index (χ0) is 9.30. The Kier molecular flexibility index (Phi) is 2.54. The normalized spacial score (nSPS) is 35.1. The number of nitrogens with zero attached hydrogens (tertiary/aromatic N) is 1. The van der Waals surface area contributed by atoms with E-state index in [0.29, 0.717) is 0 Å². The molecule has 0 bridgehead atoms. The first-order chi connectivity index (χ1) is 5.52. The first-order valence-electron chi connectivity index (χ1n) is 3.79. The summed E-state index contributed by atoms with van der Waals surface area (Å²) in [6.45, 7) is 3.70. The van der Waals surface area contributed by atoms with E-state index in [1.165, 1.54) is 7.05 Å². The number of hydrogen-bond donors (Lipinski definition) is 1. The van der Waals surface area contributed by atoms with E-state index in [0.717, 1.165) is 4.90 Å². The summed E-state index contributed by atoms with van der Waals surface area (Å²) in [4.78, 5) is 11.5. The molecule has 70 valence electrons. The summed E-state index contributed by atoms with van der Waals surface area (Å²) in [6, 6.07) is 0. The molecule has 1 aliphatic rings. The minimum absolute atomic E-state index is 0.0585. The van der Waals surface area contributed by atoms with Crippen molar-refractivity contribution < 1.29 is 19.4 Å². The van der Waals surface area contributed by atoms with Crippen molar-refractivity contribution in [2.45, 2.75) is 32.5 Å². The van der Waals surface area contributed by atoms with E-state index >= 15 is 0 Å². The summed E-state index contributed by atoms with van der Waals surface area (Å²) in [5.74, 6) is 0. The van der Waals surface area contributed by atoms with Crippen molar-refractivity contribution in [3.8, 4) is 0 Å². The van der Waals surface area contributed by atoms with Crippen molar-refractivity contribution >= 4 is 6.09 Å². The van der Waals surface area contributed by atoms with Crippen LogP contribution in [0.4, 0.5) is 4.79 Å². The van der Waals surface area contributed by atoms with Crippen LogP contribution >= 0.6 is 0 Å². The fraction of sp³-hybridized carbons (Fsp3) is 0.857. The van der Waals surface area contributed by atoms with Gasteiger partial charge in [0.05, 0.1) is 12.2 Å². The monoisotopic (exact) mass is 175 g/mol. The molecule has 1 N–H and O–H groups in total. The Hall–Kier alpha value is -0.810. The van der Waals surface area contributed by atoms with Gasteiger partial charge in [0, 0.05) is 7.05 Å². The number of hydrogen-bond acceptors (Lipinski definition) is 3. The quantitative estimate of drug-likeness (QED) is 0.637. The molecule has 0 spiro atoms. The van der Waals surface area contributed by atoms with Crippen LogP contribution in [-0.4, -0.2) is 41.8 Å². The van der Waals surface area contributed by atoms with E-state index in [-0.39, 0.29) is 12.2 Å². The number of amides is 1. The van der Waals surface area contributed by atoms with Crippen LogP contribution in [0.3, 0.4) is 0 Å². The predicted octanol–water partition coefficient (Wildman–Crippen LogP) is 0.704. The topological polar surface area (TPSA) is 59.0 Å². The average molecular weight is 175 g/mol. The van der Waals surface area contributed by atoms with Gasteiger partial charge in [-0.2, -0.15) is 0 Å². The molecule has 2 unspecified atom stereocenters. The lowest BCUT2D eigenvalue weighted by molar-refractivity contribution is -0.143. The number of carboxylic acid groups (broad SMARTS) is 1. The summed E-state index contributed by atoms with van der Waals surface area (Å²) in [5.41, 5.74) is 0. The molecule has 0 aromatic carbocycles. The van der Waals surface area contributed by atoms with Gasteiger partial charge >= 0.3 is 6.09 Å². The Bertz CT molecular complexity index is 174. The Morgan fingerprint density at radius 1 is 1.33 bits per heavy atom. The van der Waals surface area contributed by atoms with E-state index < -0.39 is 12.5 Å². The van der Waals surface area contributed by atoms with Crippen LogP contribution in [0, 0.1) is 0 Å². The summed E-state index contributed by atoms with van der Waals surface area (Å²) in [7, 11) is 1.41. The highest BCUT2D eigenvalue weighted by molar-refractivity contribution is 5.64. The largest absolute Gasteiger partial charge is 0.465 e. The fourth-order valence-electron chi connectivity index (χ4n) is 0.893. The zero-order valence-corrected chi connectivity index (χ0v) is 7.35. The molecule has 1 rings (SSSR count). The van der Waals surface area contributed by atoms with Gasteiger partial charge in [-0.1, -0.05) is 0 Å². The van der Waals surface area contributed by atoms with E-state index in [1.54, 1.807) is 0 Å². The molecule has 1 heterocycles. The number of carbonyl (C=O) groups is 1. The lowest BCUT2D eigenvalue weighted by atomic mass is 10.3. The molecule has 0 saturated carbocycles. The van der Waals surface area contributed by atoms with Crippen LogP contribution in [-0.2, 0) is 9.47 Å². The fourth-order valence-corrected chi connectivity index (χ4v) is 0.893. The molecule has 0 aromatic rings. The van der Waals surface area contributed by atoms with Gasteiger partial charge < -0.3 is 14.6 Å². The molecule has 1 aliphatic heterocycles. The Morgan fingerprint density at radius 2 is 1.75 bits per heavy atom. The second-order valence-corrected chi connectivity index (χ2v) is 2.88. The maximum Gasteiger partial charge on any atom is 0.410 e. The van der Waals surface area contributed by atoms with Crippen molar-refractivity contribution in [2.75, 3.05) is 7.05 Å². The second kappa shape index (κ2) is 3.28. The first-order valence-corrected chi connectivity index (χ1v) is 3.79. The van der Waals surface area contributed by atoms with Crippen LogP contribution in [0.25, 0.3) is 0 Å². The van der Waals surface area contributed by atoms with Gasteiger partial charge in [-0.3, -0.25) is 4.90 Å². The Balaban J connectivity index is 2.51. The van der Waals surface area contributed by atoms with E-state index in [1.807, 2.05) is 13.8 Å². The molecule has 2 atom stereocenters. The minimum Gasteiger partial charge on any atom is -0.465 e. The highest BCUT2D eigenvalue weighted by Crippen LogP contribution is 2.19. The third kappa shape index (κ3) is 1.67. The highest BCUT2D eigenvalue weighted by Gasteiger charge is 2.34. The standard InChI is InChI=1S/C7H13NO4/c1-4-5(2)12-7(11-4)8(3)6(9)10/h4-5,7H,1-3H3,(H,9,10). The summed E-state index contributed by atoms with van der Waals surface area (Å²) in [5, 5.41) is 8.58. The van der Waals surface area contributed by atoms with E-state index in [4.69, 9.17) is 14.6 Å². The molecule has 0 aromatic heterocycles. The number of rotatable bonds is 1. The van der Waals surface area contributed by atoms with Crippen molar-refractivity contribution in [3.05, 3.63) is 0 Å². The molecule has 5 heteroatoms. The molecule has 1 saturated heterocycles. The second-order valence-electron chi connectivity index (χ2n) is 2.88. The van der Waals surface area contributed by atoms with Gasteiger partial charge in [0.2, 0.25) is 6.41 Å². The van der Waals surface area contributed by atoms with Gasteiger partial charge in [-0.05, 0) is 13.8 Å². The molecule has 0 aliphatic carbocycles. The van der Waals surface area contributed by atoms with Crippen LogP contribution in [0.5, 0.6) is 0 Å². The van der Waals surface area contributed by atoms with Gasteiger partial charge in [0.15, 0.2) is 0 Å². The van der Waals surface area contributed by atoms with Gasteiger partial charge in [0.25, 0.3) is 0 Å². The molecular weight excluding hydrogens is 162 g/mol. The average Bonchev–Trinajstić information content (AvgIpc) is 2.30. The van der Waals surface area contributed by atoms with Crippen LogP contribution in [0.15, 0.2) is 0 Å². The van der Waals surface area contributed by atoms with Crippen molar-refractivity contribution in [2.24, 2.45) is 0 Å². The summed E-state index contributed by atoms with van der Waals surface area (Å²) in [6.07, 6.45) is -1.93. The SMILES string of the molecule is CC1OC(N(C)C(=O)O)OC1C. The zero-order valence-electron chi connectivity index (χ0n) is 7.35. The molecule has 1 amide bonds. The van der Waals surface area contributed by atoms with Gasteiger partial charge in [0.1, 0.15) is 0 Å². The smallest absolute Gasteiger partial charge is 0.410 e.